The van der Waals surface area contributed by atoms with Gasteiger partial charge in [0.2, 0.25) is 5.91 Å². The van der Waals surface area contributed by atoms with Crippen LogP contribution in [0.1, 0.15) is 42.7 Å². The summed E-state index contributed by atoms with van der Waals surface area (Å²) >= 11 is 12.7. The summed E-state index contributed by atoms with van der Waals surface area (Å²) in [7, 11) is 0. The number of aromatic nitrogens is 3. The summed E-state index contributed by atoms with van der Waals surface area (Å²) in [5.74, 6) is 0.645. The molecule has 1 saturated heterocycles. The Morgan fingerprint density at radius 3 is 2.38 bits per heavy atom. The molecule has 1 fully saturated rings. The SMILES string of the molecule is NC(=O)CC1(c2ccccc2)CCN(CCCCn2cnnc2-c2ccccc2)CC1c1ccc(Cl)c(Cl)c1. The molecule has 3 aromatic carbocycles. The van der Waals surface area contributed by atoms with Crippen molar-refractivity contribution in [3.05, 3.63) is 106 Å². The minimum Gasteiger partial charge on any atom is -0.370 e. The average molecular weight is 563 g/mol. The lowest BCUT2D eigenvalue weighted by Crippen LogP contribution is -2.50. The fourth-order valence-corrected chi connectivity index (χ4v) is 6.31. The van der Waals surface area contributed by atoms with Crippen LogP contribution >= 0.6 is 23.2 Å². The summed E-state index contributed by atoms with van der Waals surface area (Å²) in [5, 5.41) is 9.51. The second-order valence-corrected chi connectivity index (χ2v) is 11.2. The number of carbonyl (C=O) groups excluding carboxylic acids is 1. The van der Waals surface area contributed by atoms with Gasteiger partial charge in [-0.3, -0.25) is 4.79 Å². The van der Waals surface area contributed by atoms with Crippen molar-refractivity contribution in [2.45, 2.75) is 43.6 Å². The van der Waals surface area contributed by atoms with Crippen LogP contribution in [-0.2, 0) is 16.8 Å². The summed E-state index contributed by atoms with van der Waals surface area (Å²) in [5.41, 5.74) is 8.74. The van der Waals surface area contributed by atoms with Crippen molar-refractivity contribution >= 4 is 29.1 Å². The van der Waals surface area contributed by atoms with Crippen molar-refractivity contribution in [2.75, 3.05) is 19.6 Å². The Kier molecular flexibility index (Phi) is 8.66. The second-order valence-electron chi connectivity index (χ2n) is 10.4. The van der Waals surface area contributed by atoms with E-state index in [2.05, 4.69) is 43.9 Å². The molecule has 0 bridgehead atoms. The van der Waals surface area contributed by atoms with Gasteiger partial charge in [0.25, 0.3) is 0 Å². The molecule has 2 heterocycles. The number of nitrogens with zero attached hydrogens (tertiary/aromatic N) is 4. The van der Waals surface area contributed by atoms with Crippen molar-refractivity contribution in [3.8, 4) is 11.4 Å². The van der Waals surface area contributed by atoms with Gasteiger partial charge in [0.05, 0.1) is 10.0 Å². The van der Waals surface area contributed by atoms with E-state index in [1.165, 1.54) is 0 Å². The van der Waals surface area contributed by atoms with Gasteiger partial charge in [0.15, 0.2) is 5.82 Å². The van der Waals surface area contributed by atoms with Crippen LogP contribution < -0.4 is 5.73 Å². The maximum absolute atomic E-state index is 12.4. The van der Waals surface area contributed by atoms with E-state index in [1.54, 1.807) is 0 Å². The largest absolute Gasteiger partial charge is 0.370 e. The summed E-state index contributed by atoms with van der Waals surface area (Å²) in [6.45, 7) is 3.52. The van der Waals surface area contributed by atoms with E-state index in [9.17, 15) is 4.79 Å². The first kappa shape index (κ1) is 27.4. The first-order valence-corrected chi connectivity index (χ1v) is 14.2. The molecule has 6 nitrogen and oxygen atoms in total. The molecule has 0 spiro atoms. The van der Waals surface area contributed by atoms with E-state index in [-0.39, 0.29) is 18.2 Å². The Hall–Kier alpha value is -3.19. The highest BCUT2D eigenvalue weighted by Gasteiger charge is 2.46. The number of benzene rings is 3. The fourth-order valence-electron chi connectivity index (χ4n) is 6.00. The van der Waals surface area contributed by atoms with Crippen molar-refractivity contribution in [3.63, 3.8) is 0 Å². The van der Waals surface area contributed by atoms with Gasteiger partial charge in [-0.1, -0.05) is 89.9 Å². The van der Waals surface area contributed by atoms with Crippen LogP contribution in [0.5, 0.6) is 0 Å². The summed E-state index contributed by atoms with van der Waals surface area (Å²) in [6.07, 6.45) is 4.97. The number of piperidine rings is 1. The van der Waals surface area contributed by atoms with E-state index in [0.29, 0.717) is 10.0 Å². The molecule has 0 aliphatic carbocycles. The number of nitrogens with two attached hydrogens (primary N) is 1. The highest BCUT2D eigenvalue weighted by atomic mass is 35.5. The van der Waals surface area contributed by atoms with E-state index in [1.807, 2.05) is 60.9 Å². The summed E-state index contributed by atoms with van der Waals surface area (Å²) in [4.78, 5) is 14.9. The second kappa shape index (κ2) is 12.3. The number of hydrogen-bond donors (Lipinski definition) is 1. The lowest BCUT2D eigenvalue weighted by molar-refractivity contribution is -0.120. The molecule has 1 aliphatic heterocycles. The van der Waals surface area contributed by atoms with E-state index < -0.39 is 5.41 Å². The van der Waals surface area contributed by atoms with Crippen LogP contribution in [0.25, 0.3) is 11.4 Å². The normalized spacial score (nSPS) is 19.7. The Labute approximate surface area is 239 Å². The van der Waals surface area contributed by atoms with Crippen LogP contribution in [-0.4, -0.2) is 45.2 Å². The van der Waals surface area contributed by atoms with Crippen LogP contribution in [0.4, 0.5) is 0 Å². The standard InChI is InChI=1S/C31H33Cl2N5O/c32-27-14-13-24(19-28(27)33)26-21-37(18-15-31(26,20-29(34)39)25-11-5-2-6-12-25)16-7-8-17-38-22-35-36-30(38)23-9-3-1-4-10-23/h1-6,9-14,19,22,26H,7-8,15-18,20-21H2,(H2,34,39). The third-order valence-corrected chi connectivity index (χ3v) is 8.68. The molecule has 0 saturated carbocycles. The first-order valence-electron chi connectivity index (χ1n) is 13.4. The Balaban J connectivity index is 1.32. The molecule has 4 aromatic rings. The van der Waals surface area contributed by atoms with E-state index >= 15 is 0 Å². The van der Waals surface area contributed by atoms with Crippen molar-refractivity contribution in [1.82, 2.24) is 19.7 Å². The zero-order valence-electron chi connectivity index (χ0n) is 21.8. The lowest BCUT2D eigenvalue weighted by Gasteiger charge is -2.48. The number of unbranched alkanes of at least 4 members (excludes halogenated alkanes) is 1. The molecule has 2 unspecified atom stereocenters. The number of rotatable bonds is 10. The van der Waals surface area contributed by atoms with Crippen LogP contribution in [0.2, 0.25) is 10.0 Å². The monoisotopic (exact) mass is 561 g/mol. The molecule has 8 heteroatoms. The average Bonchev–Trinajstić information content (AvgIpc) is 3.42. The van der Waals surface area contributed by atoms with E-state index in [4.69, 9.17) is 28.9 Å². The number of primary amides is 1. The number of amides is 1. The molecule has 2 N–H and O–H groups in total. The molecule has 1 aromatic heterocycles. The maximum Gasteiger partial charge on any atom is 0.218 e. The number of hydrogen-bond acceptors (Lipinski definition) is 4. The summed E-state index contributed by atoms with van der Waals surface area (Å²) in [6, 6.07) is 26.3. The predicted molar refractivity (Wildman–Crippen MR) is 157 cm³/mol. The molecule has 1 amide bonds. The highest BCUT2D eigenvalue weighted by molar-refractivity contribution is 6.42. The third-order valence-electron chi connectivity index (χ3n) is 7.94. The quantitative estimate of drug-likeness (QED) is 0.229. The van der Waals surface area contributed by atoms with Gasteiger partial charge in [0.1, 0.15) is 6.33 Å². The zero-order valence-corrected chi connectivity index (χ0v) is 23.4. The molecule has 39 heavy (non-hydrogen) atoms. The molecule has 1 aliphatic rings. The van der Waals surface area contributed by atoms with Gasteiger partial charge in [-0.2, -0.15) is 0 Å². The lowest BCUT2D eigenvalue weighted by atomic mass is 9.61. The Morgan fingerprint density at radius 2 is 1.67 bits per heavy atom. The fraction of sp³-hybridized carbons (Fsp3) is 0.323. The van der Waals surface area contributed by atoms with Crippen molar-refractivity contribution < 1.29 is 4.79 Å². The third kappa shape index (κ3) is 6.19. The number of likely N-dealkylation sites (tertiary alicyclic amines) is 1. The Bertz CT molecular complexity index is 1390. The van der Waals surface area contributed by atoms with Crippen LogP contribution in [0.3, 0.4) is 0 Å². The predicted octanol–water partition coefficient (Wildman–Crippen LogP) is 6.34. The minimum absolute atomic E-state index is 0.0402. The first-order chi connectivity index (χ1) is 19.0. The molecular weight excluding hydrogens is 529 g/mol. The molecule has 2 atom stereocenters. The van der Waals surface area contributed by atoms with Gasteiger partial charge in [-0.15, -0.1) is 10.2 Å². The van der Waals surface area contributed by atoms with Gasteiger partial charge >= 0.3 is 0 Å². The summed E-state index contributed by atoms with van der Waals surface area (Å²) < 4.78 is 2.12. The topological polar surface area (TPSA) is 77.0 Å². The molecule has 202 valence electrons. The number of aryl methyl sites for hydroxylation is 1. The Morgan fingerprint density at radius 1 is 0.949 bits per heavy atom. The van der Waals surface area contributed by atoms with Crippen LogP contribution in [0, 0.1) is 0 Å². The zero-order chi connectivity index (χ0) is 27.2. The van der Waals surface area contributed by atoms with E-state index in [0.717, 1.165) is 68.0 Å². The van der Waals surface area contributed by atoms with Crippen molar-refractivity contribution in [1.29, 1.82) is 0 Å². The van der Waals surface area contributed by atoms with Gasteiger partial charge in [0, 0.05) is 36.4 Å². The molecule has 5 rings (SSSR count). The maximum atomic E-state index is 12.4. The highest BCUT2D eigenvalue weighted by Crippen LogP contribution is 2.48. The molecule has 0 radical (unpaired) electrons. The smallest absolute Gasteiger partial charge is 0.218 e. The number of halogens is 2. The minimum atomic E-state index is -0.409. The molecular formula is C31H33Cl2N5O. The van der Waals surface area contributed by atoms with Crippen LogP contribution in [0.15, 0.2) is 85.2 Å². The van der Waals surface area contributed by atoms with Gasteiger partial charge in [-0.05, 0) is 55.6 Å². The number of carbonyl (C=O) groups is 1. The van der Waals surface area contributed by atoms with Gasteiger partial charge in [-0.25, -0.2) is 0 Å². The van der Waals surface area contributed by atoms with Gasteiger partial charge < -0.3 is 15.2 Å². The van der Waals surface area contributed by atoms with Crippen molar-refractivity contribution in [2.24, 2.45) is 5.73 Å².